The highest BCUT2D eigenvalue weighted by Crippen LogP contribution is 2.31. The van der Waals surface area contributed by atoms with Crippen LogP contribution in [0, 0.1) is 11.3 Å². The van der Waals surface area contributed by atoms with Gasteiger partial charge in [0.2, 0.25) is 0 Å². The number of anilines is 1. The fourth-order valence-corrected chi connectivity index (χ4v) is 2.95. The predicted molar refractivity (Wildman–Crippen MR) is 74.0 cm³/mol. The number of Topliss-reactive ketones (excluding diaryl/α,β-unsaturated/α-hetero) is 1. The van der Waals surface area contributed by atoms with E-state index in [1.54, 1.807) is 11.8 Å². The molecule has 0 bridgehead atoms. The zero-order valence-electron chi connectivity index (χ0n) is 10.5. The third-order valence-electron chi connectivity index (χ3n) is 3.08. The standard InChI is InChI=1S/C14H16N2OS/c1-2-18-14-5-3-4-13(12(14)10-15)16-8-6-11(17)7-9-16/h3-5H,2,6-9H2,1H3. The van der Waals surface area contributed by atoms with E-state index in [1.807, 2.05) is 18.2 Å². The fourth-order valence-electron chi connectivity index (χ4n) is 2.17. The summed E-state index contributed by atoms with van der Waals surface area (Å²) >= 11 is 1.69. The minimum atomic E-state index is 0.323. The molecule has 1 aliphatic heterocycles. The first-order chi connectivity index (χ1) is 8.76. The van der Waals surface area contributed by atoms with Gasteiger partial charge in [-0.2, -0.15) is 5.26 Å². The van der Waals surface area contributed by atoms with Gasteiger partial charge in [0, 0.05) is 30.8 Å². The number of piperidine rings is 1. The van der Waals surface area contributed by atoms with E-state index in [1.165, 1.54) is 0 Å². The van der Waals surface area contributed by atoms with Crippen LogP contribution in [0.5, 0.6) is 0 Å². The maximum atomic E-state index is 11.3. The molecule has 0 aromatic heterocycles. The summed E-state index contributed by atoms with van der Waals surface area (Å²) < 4.78 is 0. The molecule has 2 rings (SSSR count). The second-order valence-corrected chi connectivity index (χ2v) is 5.53. The highest BCUT2D eigenvalue weighted by molar-refractivity contribution is 7.99. The molecular weight excluding hydrogens is 244 g/mol. The van der Waals surface area contributed by atoms with E-state index in [0.29, 0.717) is 18.6 Å². The van der Waals surface area contributed by atoms with E-state index in [4.69, 9.17) is 0 Å². The number of thioether (sulfide) groups is 1. The lowest BCUT2D eigenvalue weighted by Gasteiger charge is -2.29. The summed E-state index contributed by atoms with van der Waals surface area (Å²) in [5.74, 6) is 1.28. The number of nitrogens with zero attached hydrogens (tertiary/aromatic N) is 2. The van der Waals surface area contributed by atoms with Gasteiger partial charge in [0.05, 0.1) is 11.3 Å². The van der Waals surface area contributed by atoms with Crippen LogP contribution in [0.2, 0.25) is 0 Å². The quantitative estimate of drug-likeness (QED) is 0.784. The lowest BCUT2D eigenvalue weighted by atomic mass is 10.1. The third-order valence-corrected chi connectivity index (χ3v) is 4.02. The van der Waals surface area contributed by atoms with Crippen molar-refractivity contribution in [2.45, 2.75) is 24.7 Å². The zero-order chi connectivity index (χ0) is 13.0. The van der Waals surface area contributed by atoms with Crippen molar-refractivity contribution in [2.75, 3.05) is 23.7 Å². The summed E-state index contributed by atoms with van der Waals surface area (Å²) in [7, 11) is 0. The summed E-state index contributed by atoms with van der Waals surface area (Å²) in [5, 5.41) is 9.35. The van der Waals surface area contributed by atoms with E-state index >= 15 is 0 Å². The monoisotopic (exact) mass is 260 g/mol. The van der Waals surface area contributed by atoms with Crippen LogP contribution in [0.3, 0.4) is 0 Å². The molecule has 94 valence electrons. The number of carbonyl (C=O) groups excluding carboxylic acids is 1. The molecular formula is C14H16N2OS. The predicted octanol–water partition coefficient (Wildman–Crippen LogP) is 2.84. The highest BCUT2D eigenvalue weighted by atomic mass is 32.2. The summed E-state index contributed by atoms with van der Waals surface area (Å²) in [5.41, 5.74) is 1.72. The highest BCUT2D eigenvalue weighted by Gasteiger charge is 2.20. The topological polar surface area (TPSA) is 44.1 Å². The number of hydrogen-bond acceptors (Lipinski definition) is 4. The first kappa shape index (κ1) is 13.0. The molecule has 0 aliphatic carbocycles. The number of hydrogen-bond donors (Lipinski definition) is 0. The Kier molecular flexibility index (Phi) is 4.27. The van der Waals surface area contributed by atoms with Gasteiger partial charge in [-0.3, -0.25) is 4.79 Å². The van der Waals surface area contributed by atoms with Crippen LogP contribution in [0.15, 0.2) is 23.1 Å². The van der Waals surface area contributed by atoms with E-state index < -0.39 is 0 Å². The molecule has 1 fully saturated rings. The Morgan fingerprint density at radius 2 is 2.11 bits per heavy atom. The van der Waals surface area contributed by atoms with E-state index in [9.17, 15) is 10.1 Å². The molecule has 0 amide bonds. The second kappa shape index (κ2) is 5.92. The largest absolute Gasteiger partial charge is 0.370 e. The van der Waals surface area contributed by atoms with Gasteiger partial charge >= 0.3 is 0 Å². The molecule has 0 spiro atoms. The molecule has 0 unspecified atom stereocenters. The van der Waals surface area contributed by atoms with Crippen molar-refractivity contribution in [3.8, 4) is 6.07 Å². The summed E-state index contributed by atoms with van der Waals surface area (Å²) in [4.78, 5) is 14.5. The van der Waals surface area contributed by atoms with Gasteiger partial charge < -0.3 is 4.90 Å². The Morgan fingerprint density at radius 1 is 1.39 bits per heavy atom. The first-order valence-corrected chi connectivity index (χ1v) is 7.17. The normalized spacial score (nSPS) is 15.6. The van der Waals surface area contributed by atoms with Gasteiger partial charge in [-0.05, 0) is 17.9 Å². The molecule has 4 heteroatoms. The number of rotatable bonds is 3. The Labute approximate surface area is 112 Å². The SMILES string of the molecule is CCSc1cccc(N2CCC(=O)CC2)c1C#N. The van der Waals surface area contributed by atoms with E-state index in [0.717, 1.165) is 35.0 Å². The molecule has 0 N–H and O–H groups in total. The molecule has 18 heavy (non-hydrogen) atoms. The maximum Gasteiger partial charge on any atom is 0.136 e. The molecule has 0 atom stereocenters. The molecule has 0 saturated carbocycles. The van der Waals surface area contributed by atoms with Crippen molar-refractivity contribution < 1.29 is 4.79 Å². The maximum absolute atomic E-state index is 11.3. The first-order valence-electron chi connectivity index (χ1n) is 6.18. The molecule has 3 nitrogen and oxygen atoms in total. The van der Waals surface area contributed by atoms with Gasteiger partial charge in [0.15, 0.2) is 0 Å². The lowest BCUT2D eigenvalue weighted by molar-refractivity contribution is -0.119. The number of benzene rings is 1. The molecule has 1 aromatic rings. The van der Waals surface area contributed by atoms with E-state index in [-0.39, 0.29) is 0 Å². The number of carbonyl (C=O) groups is 1. The van der Waals surface area contributed by atoms with Crippen LogP contribution in [0.4, 0.5) is 5.69 Å². The average Bonchev–Trinajstić information content (AvgIpc) is 2.40. The van der Waals surface area contributed by atoms with Crippen molar-refractivity contribution >= 4 is 23.2 Å². The van der Waals surface area contributed by atoms with Crippen molar-refractivity contribution in [1.29, 1.82) is 5.26 Å². The Hall–Kier alpha value is -1.47. The minimum absolute atomic E-state index is 0.323. The van der Waals surface area contributed by atoms with E-state index in [2.05, 4.69) is 17.9 Å². The van der Waals surface area contributed by atoms with Crippen LogP contribution in [-0.4, -0.2) is 24.6 Å². The van der Waals surface area contributed by atoms with Crippen molar-refractivity contribution in [1.82, 2.24) is 0 Å². The lowest BCUT2D eigenvalue weighted by Crippen LogP contribution is -2.34. The smallest absolute Gasteiger partial charge is 0.136 e. The second-order valence-electron chi connectivity index (χ2n) is 4.22. The van der Waals surface area contributed by atoms with Crippen molar-refractivity contribution in [3.05, 3.63) is 23.8 Å². The Balaban J connectivity index is 2.30. The van der Waals surface area contributed by atoms with Crippen molar-refractivity contribution in [2.24, 2.45) is 0 Å². The Morgan fingerprint density at radius 3 is 2.72 bits per heavy atom. The fraction of sp³-hybridized carbons (Fsp3) is 0.429. The number of ketones is 1. The minimum Gasteiger partial charge on any atom is -0.370 e. The molecule has 1 aliphatic rings. The molecule has 1 aromatic carbocycles. The number of nitriles is 1. The van der Waals surface area contributed by atoms with Crippen LogP contribution >= 0.6 is 11.8 Å². The molecule has 0 radical (unpaired) electrons. The van der Waals surface area contributed by atoms with Crippen LogP contribution in [0.25, 0.3) is 0 Å². The van der Waals surface area contributed by atoms with Crippen LogP contribution in [0.1, 0.15) is 25.3 Å². The zero-order valence-corrected chi connectivity index (χ0v) is 11.3. The van der Waals surface area contributed by atoms with Gasteiger partial charge in [-0.1, -0.05) is 13.0 Å². The third kappa shape index (κ3) is 2.68. The molecule has 1 saturated heterocycles. The van der Waals surface area contributed by atoms with Crippen LogP contribution < -0.4 is 4.90 Å². The van der Waals surface area contributed by atoms with Gasteiger partial charge in [0.25, 0.3) is 0 Å². The van der Waals surface area contributed by atoms with Gasteiger partial charge in [-0.15, -0.1) is 11.8 Å². The summed E-state index contributed by atoms with van der Waals surface area (Å²) in [6, 6.07) is 8.27. The Bertz CT molecular complexity index is 483. The summed E-state index contributed by atoms with van der Waals surface area (Å²) in [6.45, 7) is 3.54. The van der Waals surface area contributed by atoms with Crippen molar-refractivity contribution in [3.63, 3.8) is 0 Å². The van der Waals surface area contributed by atoms with Gasteiger partial charge in [-0.25, -0.2) is 0 Å². The van der Waals surface area contributed by atoms with Gasteiger partial charge in [0.1, 0.15) is 11.9 Å². The average molecular weight is 260 g/mol. The summed E-state index contributed by atoms with van der Waals surface area (Å²) in [6.07, 6.45) is 1.19. The molecule has 1 heterocycles. The van der Waals surface area contributed by atoms with Crippen LogP contribution in [-0.2, 0) is 4.79 Å².